The third-order valence-electron chi connectivity index (χ3n) is 4.99. The van der Waals surface area contributed by atoms with Crippen molar-refractivity contribution in [2.45, 2.75) is 46.1 Å². The summed E-state index contributed by atoms with van der Waals surface area (Å²) in [4.78, 5) is 2.66. The highest BCUT2D eigenvalue weighted by molar-refractivity contribution is 5.18. The van der Waals surface area contributed by atoms with Gasteiger partial charge in [0.1, 0.15) is 0 Å². The minimum absolute atomic E-state index is 0.501. The van der Waals surface area contributed by atoms with Crippen molar-refractivity contribution >= 4 is 0 Å². The number of nitrogens with one attached hydrogen (secondary N) is 1. The van der Waals surface area contributed by atoms with Gasteiger partial charge in [0.25, 0.3) is 0 Å². The Morgan fingerprint density at radius 3 is 2.62 bits per heavy atom. The first kappa shape index (κ1) is 16.5. The topological polar surface area (TPSA) is 15.3 Å². The molecule has 0 spiro atoms. The van der Waals surface area contributed by atoms with E-state index in [2.05, 4.69) is 61.3 Å². The summed E-state index contributed by atoms with van der Waals surface area (Å²) in [5.74, 6) is 1.74. The zero-order valence-electron chi connectivity index (χ0n) is 14.0. The smallest absolute Gasteiger partial charge is 0.0332 e. The summed E-state index contributed by atoms with van der Waals surface area (Å²) in [6.45, 7) is 11.9. The van der Waals surface area contributed by atoms with Gasteiger partial charge in [-0.15, -0.1) is 0 Å². The SMILES string of the molecule is CCCNC(CCN1CCC(C)C(C)C1)c1ccccc1. The zero-order valence-corrected chi connectivity index (χ0v) is 14.0. The Morgan fingerprint density at radius 2 is 1.95 bits per heavy atom. The number of nitrogens with zero attached hydrogens (tertiary/aromatic N) is 1. The van der Waals surface area contributed by atoms with Crippen LogP contribution < -0.4 is 5.32 Å². The molecule has 0 amide bonds. The number of piperidine rings is 1. The van der Waals surface area contributed by atoms with Gasteiger partial charge in [-0.05, 0) is 56.3 Å². The van der Waals surface area contributed by atoms with E-state index in [1.807, 2.05) is 0 Å². The Kier molecular flexibility index (Phi) is 6.72. The summed E-state index contributed by atoms with van der Waals surface area (Å²) in [5, 5.41) is 3.72. The van der Waals surface area contributed by atoms with Gasteiger partial charge in [0.2, 0.25) is 0 Å². The van der Waals surface area contributed by atoms with E-state index in [9.17, 15) is 0 Å². The van der Waals surface area contributed by atoms with Crippen molar-refractivity contribution in [1.29, 1.82) is 0 Å². The van der Waals surface area contributed by atoms with Crippen LogP contribution in [0.3, 0.4) is 0 Å². The first-order valence-electron chi connectivity index (χ1n) is 8.71. The third kappa shape index (κ3) is 5.12. The second-order valence-electron chi connectivity index (χ2n) is 6.75. The lowest BCUT2D eigenvalue weighted by atomic mass is 9.88. The molecule has 2 heteroatoms. The molecule has 1 aromatic rings. The predicted molar refractivity (Wildman–Crippen MR) is 91.5 cm³/mol. The lowest BCUT2D eigenvalue weighted by Crippen LogP contribution is -2.40. The molecule has 0 saturated carbocycles. The molecule has 3 atom stereocenters. The molecule has 21 heavy (non-hydrogen) atoms. The van der Waals surface area contributed by atoms with Crippen molar-refractivity contribution in [3.63, 3.8) is 0 Å². The molecule has 1 fully saturated rings. The van der Waals surface area contributed by atoms with Gasteiger partial charge in [-0.1, -0.05) is 51.1 Å². The van der Waals surface area contributed by atoms with Gasteiger partial charge in [-0.2, -0.15) is 0 Å². The minimum atomic E-state index is 0.501. The van der Waals surface area contributed by atoms with Crippen molar-refractivity contribution in [3.05, 3.63) is 35.9 Å². The van der Waals surface area contributed by atoms with Crippen LogP contribution in [0.5, 0.6) is 0 Å². The highest BCUT2D eigenvalue weighted by Crippen LogP contribution is 2.24. The number of hydrogen-bond donors (Lipinski definition) is 1. The average Bonchev–Trinajstić information content (AvgIpc) is 2.51. The summed E-state index contributed by atoms with van der Waals surface area (Å²) in [5.41, 5.74) is 1.43. The minimum Gasteiger partial charge on any atom is -0.310 e. The van der Waals surface area contributed by atoms with Gasteiger partial charge < -0.3 is 10.2 Å². The first-order chi connectivity index (χ1) is 10.2. The van der Waals surface area contributed by atoms with E-state index in [4.69, 9.17) is 0 Å². The number of benzene rings is 1. The van der Waals surface area contributed by atoms with Crippen LogP contribution in [0.2, 0.25) is 0 Å². The Morgan fingerprint density at radius 1 is 1.19 bits per heavy atom. The second kappa shape index (κ2) is 8.55. The van der Waals surface area contributed by atoms with Gasteiger partial charge in [0, 0.05) is 12.6 Å². The standard InChI is InChI=1S/C19H32N2/c1-4-12-20-19(18-8-6-5-7-9-18)11-14-21-13-10-16(2)17(3)15-21/h5-9,16-17,19-20H,4,10-15H2,1-3H3. The van der Waals surface area contributed by atoms with E-state index in [0.717, 1.165) is 18.4 Å². The summed E-state index contributed by atoms with van der Waals surface area (Å²) in [6.07, 6.45) is 3.77. The fourth-order valence-corrected chi connectivity index (χ4v) is 3.25. The number of likely N-dealkylation sites (tertiary alicyclic amines) is 1. The summed E-state index contributed by atoms with van der Waals surface area (Å²) >= 11 is 0. The van der Waals surface area contributed by atoms with E-state index >= 15 is 0 Å². The molecule has 0 bridgehead atoms. The maximum Gasteiger partial charge on any atom is 0.0332 e. The highest BCUT2D eigenvalue weighted by Gasteiger charge is 2.23. The Balaban J connectivity index is 1.87. The highest BCUT2D eigenvalue weighted by atomic mass is 15.1. The van der Waals surface area contributed by atoms with E-state index in [1.54, 1.807) is 0 Å². The largest absolute Gasteiger partial charge is 0.310 e. The Labute approximate surface area is 130 Å². The second-order valence-corrected chi connectivity index (χ2v) is 6.75. The molecule has 1 aliphatic heterocycles. The van der Waals surface area contributed by atoms with Crippen molar-refractivity contribution in [2.24, 2.45) is 11.8 Å². The number of rotatable bonds is 7. The molecule has 1 saturated heterocycles. The van der Waals surface area contributed by atoms with E-state index < -0.39 is 0 Å². The van der Waals surface area contributed by atoms with Gasteiger partial charge in [0.15, 0.2) is 0 Å². The molecular weight excluding hydrogens is 256 g/mol. The molecule has 1 N–H and O–H groups in total. The summed E-state index contributed by atoms with van der Waals surface area (Å²) in [6, 6.07) is 11.4. The normalized spacial score (nSPS) is 24.9. The molecule has 1 aliphatic rings. The Hall–Kier alpha value is -0.860. The van der Waals surface area contributed by atoms with E-state index in [1.165, 1.54) is 44.5 Å². The first-order valence-corrected chi connectivity index (χ1v) is 8.71. The third-order valence-corrected chi connectivity index (χ3v) is 4.99. The monoisotopic (exact) mass is 288 g/mol. The van der Waals surface area contributed by atoms with Crippen LogP contribution in [-0.2, 0) is 0 Å². The van der Waals surface area contributed by atoms with E-state index in [-0.39, 0.29) is 0 Å². The van der Waals surface area contributed by atoms with Crippen molar-refractivity contribution in [3.8, 4) is 0 Å². The van der Waals surface area contributed by atoms with Crippen LogP contribution >= 0.6 is 0 Å². The quantitative estimate of drug-likeness (QED) is 0.813. The van der Waals surface area contributed by atoms with E-state index in [0.29, 0.717) is 6.04 Å². The predicted octanol–water partition coefficient (Wildman–Crippen LogP) is 4.10. The molecule has 3 unspecified atom stereocenters. The lowest BCUT2D eigenvalue weighted by molar-refractivity contribution is 0.133. The molecule has 0 radical (unpaired) electrons. The van der Waals surface area contributed by atoms with Crippen LogP contribution in [0.25, 0.3) is 0 Å². The van der Waals surface area contributed by atoms with Crippen molar-refractivity contribution in [1.82, 2.24) is 10.2 Å². The number of hydrogen-bond acceptors (Lipinski definition) is 2. The van der Waals surface area contributed by atoms with Crippen LogP contribution in [-0.4, -0.2) is 31.1 Å². The van der Waals surface area contributed by atoms with Crippen molar-refractivity contribution in [2.75, 3.05) is 26.2 Å². The molecular formula is C19H32N2. The fourth-order valence-electron chi connectivity index (χ4n) is 3.25. The van der Waals surface area contributed by atoms with Gasteiger partial charge in [-0.3, -0.25) is 0 Å². The molecule has 1 heterocycles. The molecule has 0 aromatic heterocycles. The molecule has 118 valence electrons. The summed E-state index contributed by atoms with van der Waals surface area (Å²) < 4.78 is 0. The van der Waals surface area contributed by atoms with Crippen LogP contribution in [0.4, 0.5) is 0 Å². The maximum absolute atomic E-state index is 3.72. The van der Waals surface area contributed by atoms with Gasteiger partial charge >= 0.3 is 0 Å². The lowest BCUT2D eigenvalue weighted by Gasteiger charge is -2.36. The van der Waals surface area contributed by atoms with Crippen LogP contribution in [0.1, 0.15) is 51.6 Å². The Bertz CT molecular complexity index is 390. The van der Waals surface area contributed by atoms with Gasteiger partial charge in [-0.25, -0.2) is 0 Å². The van der Waals surface area contributed by atoms with Crippen LogP contribution in [0.15, 0.2) is 30.3 Å². The fraction of sp³-hybridized carbons (Fsp3) is 0.684. The average molecular weight is 288 g/mol. The molecule has 2 nitrogen and oxygen atoms in total. The molecule has 2 rings (SSSR count). The van der Waals surface area contributed by atoms with Crippen molar-refractivity contribution < 1.29 is 0 Å². The summed E-state index contributed by atoms with van der Waals surface area (Å²) in [7, 11) is 0. The zero-order chi connectivity index (χ0) is 15.1. The molecule has 1 aromatic carbocycles. The van der Waals surface area contributed by atoms with Crippen LogP contribution in [0, 0.1) is 11.8 Å². The molecule has 0 aliphatic carbocycles. The maximum atomic E-state index is 3.72. The van der Waals surface area contributed by atoms with Gasteiger partial charge in [0.05, 0.1) is 0 Å².